The van der Waals surface area contributed by atoms with Crippen LogP contribution in [0.2, 0.25) is 0 Å². The van der Waals surface area contributed by atoms with E-state index in [9.17, 15) is 9.90 Å². The second-order valence-electron chi connectivity index (χ2n) is 7.39. The van der Waals surface area contributed by atoms with Crippen LogP contribution in [-0.4, -0.2) is 24.3 Å². The van der Waals surface area contributed by atoms with Crippen LogP contribution in [0.3, 0.4) is 0 Å². The van der Waals surface area contributed by atoms with Gasteiger partial charge in [-0.2, -0.15) is 0 Å². The van der Waals surface area contributed by atoms with Crippen LogP contribution in [0, 0.1) is 28.6 Å². The monoisotopic (exact) mass is 264 g/mol. The molecule has 3 rings (SSSR count). The van der Waals surface area contributed by atoms with Crippen molar-refractivity contribution in [1.82, 2.24) is 0 Å². The van der Waals surface area contributed by atoms with Crippen molar-refractivity contribution in [2.24, 2.45) is 28.6 Å². The van der Waals surface area contributed by atoms with Crippen molar-refractivity contribution < 1.29 is 14.6 Å². The molecule has 1 spiro atoms. The summed E-state index contributed by atoms with van der Waals surface area (Å²) in [4.78, 5) is 12.0. The maximum Gasteiger partial charge on any atom is 0.333 e. The Bertz CT molecular complexity index is 451. The standard InChI is InChI=1S/C16H24O3/c1-9-5-6-11-10(14(18)19-4)7-12-13(17)15(2,3)8-16(9,11)12/h7,9,11-13,17H,5-6,8H2,1-4H3/t9-,11+,12-,13-,16-/m1/s1. The number of hydrogen-bond acceptors (Lipinski definition) is 3. The number of methoxy groups -OCH3 is 1. The highest BCUT2D eigenvalue weighted by atomic mass is 16.5. The highest BCUT2D eigenvalue weighted by Gasteiger charge is 2.67. The molecule has 3 nitrogen and oxygen atoms in total. The number of carbonyl (C=O) groups is 1. The largest absolute Gasteiger partial charge is 0.466 e. The smallest absolute Gasteiger partial charge is 0.333 e. The number of aliphatic hydroxyl groups is 1. The zero-order chi connectivity index (χ0) is 14.0. The Hall–Kier alpha value is -0.830. The van der Waals surface area contributed by atoms with Gasteiger partial charge in [0.2, 0.25) is 0 Å². The van der Waals surface area contributed by atoms with Crippen molar-refractivity contribution in [2.75, 3.05) is 7.11 Å². The third-order valence-corrected chi connectivity index (χ3v) is 6.13. The highest BCUT2D eigenvalue weighted by molar-refractivity contribution is 5.90. The van der Waals surface area contributed by atoms with E-state index >= 15 is 0 Å². The molecule has 0 heterocycles. The molecule has 0 aromatic rings. The summed E-state index contributed by atoms with van der Waals surface area (Å²) < 4.78 is 4.94. The summed E-state index contributed by atoms with van der Waals surface area (Å²) in [6, 6.07) is 0. The molecule has 2 saturated carbocycles. The molecule has 3 aliphatic rings. The van der Waals surface area contributed by atoms with E-state index < -0.39 is 0 Å². The molecule has 0 amide bonds. The summed E-state index contributed by atoms with van der Waals surface area (Å²) in [5.74, 6) is 0.783. The van der Waals surface area contributed by atoms with Crippen LogP contribution in [0.15, 0.2) is 11.6 Å². The van der Waals surface area contributed by atoms with Gasteiger partial charge in [0.15, 0.2) is 0 Å². The van der Waals surface area contributed by atoms with Crippen molar-refractivity contribution in [1.29, 1.82) is 0 Å². The molecule has 0 saturated heterocycles. The Labute approximate surface area is 115 Å². The molecule has 0 aromatic carbocycles. The molecule has 0 unspecified atom stereocenters. The van der Waals surface area contributed by atoms with Gasteiger partial charge in [0, 0.05) is 11.5 Å². The molecule has 1 N–H and O–H groups in total. The number of hydrogen-bond donors (Lipinski definition) is 1. The topological polar surface area (TPSA) is 46.5 Å². The van der Waals surface area contributed by atoms with E-state index in [1.807, 2.05) is 6.08 Å². The highest BCUT2D eigenvalue weighted by Crippen LogP contribution is 2.70. The molecule has 0 aliphatic heterocycles. The third kappa shape index (κ3) is 1.45. The maximum absolute atomic E-state index is 12.0. The van der Waals surface area contributed by atoms with E-state index in [0.717, 1.165) is 24.8 Å². The fourth-order valence-corrected chi connectivity index (χ4v) is 5.28. The minimum Gasteiger partial charge on any atom is -0.466 e. The number of ether oxygens (including phenoxy) is 1. The van der Waals surface area contributed by atoms with E-state index in [2.05, 4.69) is 20.8 Å². The first-order valence-corrected chi connectivity index (χ1v) is 7.32. The molecular weight excluding hydrogens is 240 g/mol. The maximum atomic E-state index is 12.0. The number of rotatable bonds is 1. The third-order valence-electron chi connectivity index (χ3n) is 6.13. The van der Waals surface area contributed by atoms with Gasteiger partial charge >= 0.3 is 5.97 Å². The molecule has 3 aliphatic carbocycles. The predicted molar refractivity (Wildman–Crippen MR) is 72.3 cm³/mol. The average Bonchev–Trinajstić information content (AvgIpc) is 2.89. The van der Waals surface area contributed by atoms with Crippen LogP contribution in [0.4, 0.5) is 0 Å². The van der Waals surface area contributed by atoms with Crippen molar-refractivity contribution in [3.8, 4) is 0 Å². The summed E-state index contributed by atoms with van der Waals surface area (Å²) in [7, 11) is 1.45. The quantitative estimate of drug-likeness (QED) is 0.740. The minimum absolute atomic E-state index is 0.0559. The first-order valence-electron chi connectivity index (χ1n) is 7.32. The van der Waals surface area contributed by atoms with Gasteiger partial charge in [-0.15, -0.1) is 0 Å². The molecule has 19 heavy (non-hydrogen) atoms. The Kier molecular flexibility index (Phi) is 2.66. The van der Waals surface area contributed by atoms with Gasteiger partial charge in [0.25, 0.3) is 0 Å². The summed E-state index contributed by atoms with van der Waals surface area (Å²) in [6.45, 7) is 6.59. The summed E-state index contributed by atoms with van der Waals surface area (Å²) >= 11 is 0. The molecule has 0 radical (unpaired) electrons. The molecule has 0 aromatic heterocycles. The van der Waals surface area contributed by atoms with Crippen molar-refractivity contribution in [3.63, 3.8) is 0 Å². The second-order valence-corrected chi connectivity index (χ2v) is 7.39. The Morgan fingerprint density at radius 2 is 2.11 bits per heavy atom. The van der Waals surface area contributed by atoms with Crippen molar-refractivity contribution in [3.05, 3.63) is 11.6 Å². The molecule has 106 valence electrons. The molecule has 3 heteroatoms. The Morgan fingerprint density at radius 1 is 1.42 bits per heavy atom. The Balaban J connectivity index is 2.07. The number of carbonyl (C=O) groups excluding carboxylic acids is 1. The van der Waals surface area contributed by atoms with Gasteiger partial charge in [-0.25, -0.2) is 4.79 Å². The van der Waals surface area contributed by atoms with Gasteiger partial charge in [-0.05, 0) is 41.9 Å². The van der Waals surface area contributed by atoms with Gasteiger partial charge < -0.3 is 9.84 Å². The van der Waals surface area contributed by atoms with Crippen molar-refractivity contribution >= 4 is 5.97 Å². The lowest BCUT2D eigenvalue weighted by atomic mass is 9.67. The summed E-state index contributed by atoms with van der Waals surface area (Å²) in [5, 5.41) is 10.7. The molecule has 2 fully saturated rings. The van der Waals surface area contributed by atoms with Gasteiger partial charge in [0.05, 0.1) is 13.2 Å². The molecule has 5 atom stereocenters. The van der Waals surface area contributed by atoms with E-state index in [-0.39, 0.29) is 34.7 Å². The fraction of sp³-hybridized carbons (Fsp3) is 0.812. The molecule has 0 bridgehead atoms. The Morgan fingerprint density at radius 3 is 2.74 bits per heavy atom. The van der Waals surface area contributed by atoms with Gasteiger partial charge in [-0.3, -0.25) is 0 Å². The summed E-state index contributed by atoms with van der Waals surface area (Å²) in [5.41, 5.74) is 0.859. The lowest BCUT2D eigenvalue weighted by Crippen LogP contribution is -2.33. The van der Waals surface area contributed by atoms with Gasteiger partial charge in [0.1, 0.15) is 0 Å². The van der Waals surface area contributed by atoms with Crippen LogP contribution in [0.5, 0.6) is 0 Å². The lowest BCUT2D eigenvalue weighted by Gasteiger charge is -2.36. The van der Waals surface area contributed by atoms with Crippen LogP contribution >= 0.6 is 0 Å². The van der Waals surface area contributed by atoms with E-state index in [1.54, 1.807) is 0 Å². The minimum atomic E-state index is -0.349. The normalized spacial score (nSPS) is 46.7. The lowest BCUT2D eigenvalue weighted by molar-refractivity contribution is -0.137. The van der Waals surface area contributed by atoms with E-state index in [4.69, 9.17) is 4.74 Å². The number of esters is 1. The SMILES string of the molecule is COC(=O)C1=C[C@@H]2[C@@H](O)C(C)(C)C[C@]23[C@H](C)CC[C@@H]13. The summed E-state index contributed by atoms with van der Waals surface area (Å²) in [6.07, 6.45) is 4.90. The van der Waals surface area contributed by atoms with Crippen LogP contribution in [-0.2, 0) is 9.53 Å². The number of aliphatic hydroxyl groups excluding tert-OH is 1. The van der Waals surface area contributed by atoms with Crippen LogP contribution < -0.4 is 0 Å². The average molecular weight is 264 g/mol. The predicted octanol–water partition coefficient (Wildman–Crippen LogP) is 2.54. The second kappa shape index (κ2) is 3.85. The fourth-order valence-electron chi connectivity index (χ4n) is 5.28. The van der Waals surface area contributed by atoms with E-state index in [1.165, 1.54) is 7.11 Å². The first-order chi connectivity index (χ1) is 8.84. The first kappa shape index (κ1) is 13.2. The van der Waals surface area contributed by atoms with Crippen molar-refractivity contribution in [2.45, 2.75) is 46.1 Å². The zero-order valence-corrected chi connectivity index (χ0v) is 12.3. The van der Waals surface area contributed by atoms with Gasteiger partial charge in [-0.1, -0.05) is 26.8 Å². The molecular formula is C16H24O3. The van der Waals surface area contributed by atoms with E-state index in [0.29, 0.717) is 5.92 Å². The zero-order valence-electron chi connectivity index (χ0n) is 12.3. The van der Waals surface area contributed by atoms with Crippen LogP contribution in [0.25, 0.3) is 0 Å². The van der Waals surface area contributed by atoms with Crippen LogP contribution in [0.1, 0.15) is 40.0 Å².